The van der Waals surface area contributed by atoms with Crippen molar-refractivity contribution in [3.8, 4) is 0 Å². The first-order valence-electron chi connectivity index (χ1n) is 6.22. The third kappa shape index (κ3) is 5.63. The Morgan fingerprint density at radius 1 is 1.42 bits per heavy atom. The third-order valence-electron chi connectivity index (χ3n) is 2.53. The molecule has 108 valence electrons. The van der Waals surface area contributed by atoms with Crippen LogP contribution in [0, 0.1) is 5.92 Å². The van der Waals surface area contributed by atoms with Crippen molar-refractivity contribution >= 4 is 23.4 Å². The molecule has 19 heavy (non-hydrogen) atoms. The van der Waals surface area contributed by atoms with Gasteiger partial charge in [0.25, 0.3) is 0 Å². The smallest absolute Gasteiger partial charge is 0.191 e. The molecule has 0 spiro atoms. The molecule has 5 N–H and O–H groups in total. The fraction of sp³-hybridized carbons (Fsp3) is 0.667. The maximum Gasteiger partial charge on any atom is 0.191 e. The van der Waals surface area contributed by atoms with E-state index in [1.807, 2.05) is 13.2 Å². The van der Waals surface area contributed by atoms with Crippen LogP contribution in [0.1, 0.15) is 27.2 Å². The van der Waals surface area contributed by atoms with Gasteiger partial charge in [-0.2, -0.15) is 0 Å². The summed E-state index contributed by atoms with van der Waals surface area (Å²) in [5, 5.41) is 14.0. The van der Waals surface area contributed by atoms with Gasteiger partial charge in [-0.3, -0.25) is 0 Å². The van der Waals surface area contributed by atoms with Crippen LogP contribution in [0.5, 0.6) is 0 Å². The van der Waals surface area contributed by atoms with E-state index in [0.717, 1.165) is 6.42 Å². The summed E-state index contributed by atoms with van der Waals surface area (Å²) in [6, 6.07) is 1.71. The van der Waals surface area contributed by atoms with E-state index in [4.69, 9.17) is 5.84 Å². The number of rotatable bonds is 7. The van der Waals surface area contributed by atoms with Crippen LogP contribution >= 0.6 is 11.8 Å². The predicted octanol–water partition coefficient (Wildman–Crippen LogP) is 1.69. The number of nitrogens with one attached hydrogen (secondary N) is 2. The van der Waals surface area contributed by atoms with E-state index in [0.29, 0.717) is 29.3 Å². The number of nitrogens with zero attached hydrogens (tertiary/aromatic N) is 2. The highest BCUT2D eigenvalue weighted by atomic mass is 32.2. The average Bonchev–Trinajstić information content (AvgIpc) is 2.34. The van der Waals surface area contributed by atoms with Gasteiger partial charge < -0.3 is 15.8 Å². The highest BCUT2D eigenvalue weighted by molar-refractivity contribution is 7.98. The zero-order valence-corrected chi connectivity index (χ0v) is 12.7. The largest absolute Gasteiger partial charge is 0.388 e. The molecule has 0 radical (unpaired) electrons. The number of anilines is 2. The monoisotopic (exact) mass is 285 g/mol. The Balaban J connectivity index is 2.71. The first kappa shape index (κ1) is 16.0. The zero-order chi connectivity index (χ0) is 14.5. The SMILES string of the molecule is CSc1nc(NN)cc(NCC(C)(O)CC(C)C)n1. The molecule has 0 saturated heterocycles. The minimum Gasteiger partial charge on any atom is -0.388 e. The summed E-state index contributed by atoms with van der Waals surface area (Å²) in [7, 11) is 0. The van der Waals surface area contributed by atoms with Crippen LogP contribution in [-0.4, -0.2) is 33.5 Å². The van der Waals surface area contributed by atoms with Gasteiger partial charge in [-0.25, -0.2) is 15.8 Å². The molecule has 7 heteroatoms. The number of hydrogen-bond donors (Lipinski definition) is 4. The van der Waals surface area contributed by atoms with Crippen molar-refractivity contribution in [2.45, 2.75) is 37.9 Å². The van der Waals surface area contributed by atoms with E-state index in [1.54, 1.807) is 6.07 Å². The van der Waals surface area contributed by atoms with E-state index >= 15 is 0 Å². The van der Waals surface area contributed by atoms with Crippen LogP contribution in [0.2, 0.25) is 0 Å². The van der Waals surface area contributed by atoms with Crippen LogP contribution in [0.15, 0.2) is 11.2 Å². The second-order valence-electron chi connectivity index (χ2n) is 5.22. The summed E-state index contributed by atoms with van der Waals surface area (Å²) in [5.74, 6) is 6.99. The molecule has 0 aliphatic heterocycles. The van der Waals surface area contributed by atoms with Crippen molar-refractivity contribution < 1.29 is 5.11 Å². The Morgan fingerprint density at radius 3 is 2.58 bits per heavy atom. The Kier molecular flexibility index (Phi) is 5.84. The van der Waals surface area contributed by atoms with E-state index in [9.17, 15) is 5.11 Å². The first-order valence-corrected chi connectivity index (χ1v) is 7.44. The van der Waals surface area contributed by atoms with Gasteiger partial charge in [0.1, 0.15) is 11.6 Å². The predicted molar refractivity (Wildman–Crippen MR) is 80.2 cm³/mol. The molecule has 1 aromatic heterocycles. The number of thioether (sulfide) groups is 1. The molecule has 0 saturated carbocycles. The highest BCUT2D eigenvalue weighted by Crippen LogP contribution is 2.20. The molecule has 0 aliphatic rings. The normalized spacial score (nSPS) is 14.3. The molecule has 0 aromatic carbocycles. The van der Waals surface area contributed by atoms with Gasteiger partial charge in [-0.1, -0.05) is 25.6 Å². The molecular weight excluding hydrogens is 262 g/mol. The van der Waals surface area contributed by atoms with E-state index in [-0.39, 0.29) is 0 Å². The van der Waals surface area contributed by atoms with Gasteiger partial charge in [-0.05, 0) is 25.5 Å². The van der Waals surface area contributed by atoms with Gasteiger partial charge in [0.15, 0.2) is 5.16 Å². The molecule has 0 aliphatic carbocycles. The molecule has 1 unspecified atom stereocenters. The Labute approximate surface area is 118 Å². The summed E-state index contributed by atoms with van der Waals surface area (Å²) in [5.41, 5.74) is 1.74. The van der Waals surface area contributed by atoms with Crippen molar-refractivity contribution in [2.24, 2.45) is 11.8 Å². The van der Waals surface area contributed by atoms with Crippen molar-refractivity contribution in [3.05, 3.63) is 6.07 Å². The lowest BCUT2D eigenvalue weighted by atomic mass is 9.94. The van der Waals surface area contributed by atoms with Crippen LogP contribution in [0.4, 0.5) is 11.6 Å². The molecule has 6 nitrogen and oxygen atoms in total. The van der Waals surface area contributed by atoms with Gasteiger partial charge in [-0.15, -0.1) is 0 Å². The molecule has 1 rings (SSSR count). The van der Waals surface area contributed by atoms with Crippen molar-refractivity contribution in [3.63, 3.8) is 0 Å². The van der Waals surface area contributed by atoms with Gasteiger partial charge in [0.2, 0.25) is 0 Å². The van der Waals surface area contributed by atoms with Crippen LogP contribution in [0.25, 0.3) is 0 Å². The summed E-state index contributed by atoms with van der Waals surface area (Å²) in [4.78, 5) is 8.49. The number of nitrogens with two attached hydrogens (primary N) is 1. The summed E-state index contributed by atoms with van der Waals surface area (Å²) in [6.45, 7) is 6.42. The number of hydrogen-bond acceptors (Lipinski definition) is 7. The van der Waals surface area contributed by atoms with E-state index in [2.05, 4.69) is 34.6 Å². The van der Waals surface area contributed by atoms with Crippen molar-refractivity contribution in [1.82, 2.24) is 9.97 Å². The second-order valence-corrected chi connectivity index (χ2v) is 5.99. The minimum absolute atomic E-state index is 0.431. The van der Waals surface area contributed by atoms with Crippen molar-refractivity contribution in [1.29, 1.82) is 0 Å². The highest BCUT2D eigenvalue weighted by Gasteiger charge is 2.21. The topological polar surface area (TPSA) is 96.1 Å². The Bertz CT molecular complexity index is 389. The lowest BCUT2D eigenvalue weighted by Gasteiger charge is -2.25. The van der Waals surface area contributed by atoms with Crippen LogP contribution in [-0.2, 0) is 0 Å². The van der Waals surface area contributed by atoms with E-state index in [1.165, 1.54) is 11.8 Å². The molecule has 1 heterocycles. The van der Waals surface area contributed by atoms with Crippen LogP contribution < -0.4 is 16.6 Å². The molecule has 0 bridgehead atoms. The van der Waals surface area contributed by atoms with Gasteiger partial charge in [0, 0.05) is 12.6 Å². The molecule has 0 fully saturated rings. The lowest BCUT2D eigenvalue weighted by Crippen LogP contribution is -2.35. The fourth-order valence-electron chi connectivity index (χ4n) is 1.91. The number of aromatic nitrogens is 2. The molecule has 1 aromatic rings. The third-order valence-corrected chi connectivity index (χ3v) is 3.08. The maximum absolute atomic E-state index is 10.2. The average molecular weight is 285 g/mol. The Hall–Kier alpha value is -1.05. The van der Waals surface area contributed by atoms with Crippen LogP contribution in [0.3, 0.4) is 0 Å². The van der Waals surface area contributed by atoms with Gasteiger partial charge >= 0.3 is 0 Å². The first-order chi connectivity index (χ1) is 8.86. The second kappa shape index (κ2) is 6.93. The summed E-state index contributed by atoms with van der Waals surface area (Å²) in [6.07, 6.45) is 2.62. The molecule has 0 amide bonds. The quantitative estimate of drug-likeness (QED) is 0.262. The number of aliphatic hydroxyl groups is 1. The molecule has 1 atom stereocenters. The fourth-order valence-corrected chi connectivity index (χ4v) is 2.29. The standard InChI is InChI=1S/C12H23N5OS/c1-8(2)6-12(3,18)7-14-9-5-10(17-13)16-11(15-9)19-4/h5,8,18H,6-7,13H2,1-4H3,(H2,14,15,16,17). The minimum atomic E-state index is -0.769. The summed E-state index contributed by atoms with van der Waals surface area (Å²) >= 11 is 1.44. The maximum atomic E-state index is 10.2. The molecular formula is C12H23N5OS. The number of hydrazine groups is 1. The van der Waals surface area contributed by atoms with E-state index < -0.39 is 5.60 Å². The zero-order valence-electron chi connectivity index (χ0n) is 11.9. The van der Waals surface area contributed by atoms with Crippen molar-refractivity contribution in [2.75, 3.05) is 23.5 Å². The number of nitrogen functional groups attached to an aromatic ring is 1. The Morgan fingerprint density at radius 2 is 2.05 bits per heavy atom. The lowest BCUT2D eigenvalue weighted by molar-refractivity contribution is 0.0514. The van der Waals surface area contributed by atoms with Gasteiger partial charge in [0.05, 0.1) is 5.60 Å². The summed E-state index contributed by atoms with van der Waals surface area (Å²) < 4.78 is 0.